The molecule has 0 bridgehead atoms. The molecule has 0 spiro atoms. The zero-order chi connectivity index (χ0) is 16.5. The number of carbonyl (C=O) groups is 1. The standard InChI is InChI=1S/C16H23N3O2S2/c1-12-4-6-13(7-5-12)10-23-11-15(20)18-19-16(22)17-9-14-3-2-8-21-14/h4-7,14H,2-3,8-11H2,1H3,(H,18,20)(H2,17,19,22). The molecule has 1 amide bonds. The predicted octanol–water partition coefficient (Wildman–Crippen LogP) is 1.90. The summed E-state index contributed by atoms with van der Waals surface area (Å²) in [4.78, 5) is 11.7. The molecule has 0 saturated carbocycles. The monoisotopic (exact) mass is 353 g/mol. The summed E-state index contributed by atoms with van der Waals surface area (Å²) in [5.41, 5.74) is 7.77. The maximum absolute atomic E-state index is 11.7. The number of aryl methyl sites for hydroxylation is 1. The molecule has 2 rings (SSSR count). The van der Waals surface area contributed by atoms with Crippen molar-refractivity contribution in [3.63, 3.8) is 0 Å². The number of benzene rings is 1. The Hall–Kier alpha value is -1.31. The molecule has 3 N–H and O–H groups in total. The lowest BCUT2D eigenvalue weighted by molar-refractivity contribution is -0.119. The fourth-order valence-electron chi connectivity index (χ4n) is 2.16. The normalized spacial score (nSPS) is 16.8. The number of hydrogen-bond donors (Lipinski definition) is 3. The van der Waals surface area contributed by atoms with E-state index in [4.69, 9.17) is 17.0 Å². The van der Waals surface area contributed by atoms with Crippen LogP contribution >= 0.6 is 24.0 Å². The lowest BCUT2D eigenvalue weighted by Crippen LogP contribution is -2.48. The molecule has 1 heterocycles. The lowest BCUT2D eigenvalue weighted by atomic mass is 10.2. The molecule has 1 aliphatic heterocycles. The number of hydrazine groups is 1. The van der Waals surface area contributed by atoms with Crippen LogP contribution in [-0.2, 0) is 15.3 Å². The SMILES string of the molecule is Cc1ccc(CSCC(=O)NNC(=S)NCC2CCCO2)cc1. The van der Waals surface area contributed by atoms with Crippen LogP contribution in [0, 0.1) is 6.92 Å². The van der Waals surface area contributed by atoms with Gasteiger partial charge in [-0.05, 0) is 37.5 Å². The van der Waals surface area contributed by atoms with Crippen molar-refractivity contribution in [2.24, 2.45) is 0 Å². The first kappa shape index (κ1) is 18.0. The molecule has 126 valence electrons. The molecule has 1 atom stereocenters. The van der Waals surface area contributed by atoms with E-state index in [0.717, 1.165) is 25.2 Å². The lowest BCUT2D eigenvalue weighted by Gasteiger charge is -2.14. The maximum Gasteiger partial charge on any atom is 0.248 e. The molecule has 0 aliphatic carbocycles. The van der Waals surface area contributed by atoms with Gasteiger partial charge in [-0.3, -0.25) is 15.6 Å². The van der Waals surface area contributed by atoms with Gasteiger partial charge in [-0.25, -0.2) is 0 Å². The fraction of sp³-hybridized carbons (Fsp3) is 0.500. The molecular weight excluding hydrogens is 330 g/mol. The molecule has 0 radical (unpaired) electrons. The second kappa shape index (κ2) is 9.75. The second-order valence-corrected chi connectivity index (χ2v) is 6.89. The summed E-state index contributed by atoms with van der Waals surface area (Å²) in [7, 11) is 0. The fourth-order valence-corrected chi connectivity index (χ4v) is 3.09. The van der Waals surface area contributed by atoms with Crippen molar-refractivity contribution in [3.8, 4) is 0 Å². The van der Waals surface area contributed by atoms with E-state index in [1.54, 1.807) is 11.8 Å². The van der Waals surface area contributed by atoms with Gasteiger partial charge in [0.1, 0.15) is 0 Å². The second-order valence-electron chi connectivity index (χ2n) is 5.50. The largest absolute Gasteiger partial charge is 0.376 e. The number of hydrogen-bond acceptors (Lipinski definition) is 4. The van der Waals surface area contributed by atoms with E-state index < -0.39 is 0 Å². The summed E-state index contributed by atoms with van der Waals surface area (Å²) in [5, 5.41) is 3.46. The zero-order valence-electron chi connectivity index (χ0n) is 13.3. The van der Waals surface area contributed by atoms with E-state index in [0.29, 0.717) is 17.4 Å². The molecule has 1 unspecified atom stereocenters. The molecular formula is C16H23N3O2S2. The average Bonchev–Trinajstić information content (AvgIpc) is 3.06. The average molecular weight is 354 g/mol. The van der Waals surface area contributed by atoms with Crippen LogP contribution in [0.25, 0.3) is 0 Å². The third-order valence-electron chi connectivity index (χ3n) is 3.45. The Balaban J connectivity index is 1.53. The van der Waals surface area contributed by atoms with E-state index in [9.17, 15) is 4.79 Å². The Morgan fingerprint density at radius 3 is 2.83 bits per heavy atom. The molecule has 1 saturated heterocycles. The van der Waals surface area contributed by atoms with Crippen LogP contribution in [0.5, 0.6) is 0 Å². The number of ether oxygens (including phenoxy) is 1. The van der Waals surface area contributed by atoms with Crippen molar-refractivity contribution in [1.82, 2.24) is 16.2 Å². The molecule has 23 heavy (non-hydrogen) atoms. The van der Waals surface area contributed by atoms with Gasteiger partial charge in [-0.1, -0.05) is 29.8 Å². The minimum atomic E-state index is -0.0941. The topological polar surface area (TPSA) is 62.4 Å². The first-order chi connectivity index (χ1) is 11.1. The molecule has 1 aliphatic rings. The molecule has 0 aromatic heterocycles. The predicted molar refractivity (Wildman–Crippen MR) is 98.2 cm³/mol. The van der Waals surface area contributed by atoms with Gasteiger partial charge < -0.3 is 10.1 Å². The minimum absolute atomic E-state index is 0.0941. The van der Waals surface area contributed by atoms with Crippen LogP contribution in [0.2, 0.25) is 0 Å². The number of amides is 1. The maximum atomic E-state index is 11.7. The number of thioether (sulfide) groups is 1. The Bertz CT molecular complexity index is 517. The first-order valence-corrected chi connectivity index (χ1v) is 9.27. The van der Waals surface area contributed by atoms with Crippen molar-refractivity contribution in [2.45, 2.75) is 31.6 Å². The van der Waals surface area contributed by atoms with E-state index in [-0.39, 0.29) is 12.0 Å². The summed E-state index contributed by atoms with van der Waals surface area (Å²) >= 11 is 6.68. The molecule has 7 heteroatoms. The summed E-state index contributed by atoms with van der Waals surface area (Å²) in [5.74, 6) is 1.10. The van der Waals surface area contributed by atoms with E-state index in [1.807, 2.05) is 0 Å². The smallest absolute Gasteiger partial charge is 0.248 e. The third-order valence-corrected chi connectivity index (χ3v) is 4.70. The highest BCUT2D eigenvalue weighted by Gasteiger charge is 2.15. The quantitative estimate of drug-likeness (QED) is 0.536. The van der Waals surface area contributed by atoms with Gasteiger partial charge >= 0.3 is 0 Å². The van der Waals surface area contributed by atoms with Gasteiger partial charge in [-0.2, -0.15) is 0 Å². The van der Waals surface area contributed by atoms with Gasteiger partial charge in [0.05, 0.1) is 11.9 Å². The number of thiocarbonyl (C=S) groups is 1. The van der Waals surface area contributed by atoms with Crippen molar-refractivity contribution in [3.05, 3.63) is 35.4 Å². The highest BCUT2D eigenvalue weighted by molar-refractivity contribution is 7.99. The van der Waals surface area contributed by atoms with Crippen LogP contribution in [-0.4, -0.2) is 36.0 Å². The Kier molecular flexibility index (Phi) is 7.64. The summed E-state index contributed by atoms with van der Waals surface area (Å²) in [6.07, 6.45) is 2.37. The van der Waals surface area contributed by atoms with Crippen LogP contribution in [0.15, 0.2) is 24.3 Å². The number of nitrogens with one attached hydrogen (secondary N) is 3. The summed E-state index contributed by atoms with van der Waals surface area (Å²) in [6.45, 7) is 3.55. The van der Waals surface area contributed by atoms with Crippen LogP contribution in [0.1, 0.15) is 24.0 Å². The molecule has 5 nitrogen and oxygen atoms in total. The van der Waals surface area contributed by atoms with E-state index in [1.165, 1.54) is 11.1 Å². The molecule has 1 fully saturated rings. The van der Waals surface area contributed by atoms with E-state index in [2.05, 4.69) is 47.4 Å². The molecule has 1 aromatic rings. The van der Waals surface area contributed by atoms with Crippen molar-refractivity contribution in [1.29, 1.82) is 0 Å². The summed E-state index contributed by atoms with van der Waals surface area (Å²) < 4.78 is 5.49. The van der Waals surface area contributed by atoms with Crippen molar-refractivity contribution in [2.75, 3.05) is 18.9 Å². The van der Waals surface area contributed by atoms with Gasteiger partial charge in [0.25, 0.3) is 0 Å². The summed E-state index contributed by atoms with van der Waals surface area (Å²) in [6, 6.07) is 8.33. The van der Waals surface area contributed by atoms with Crippen LogP contribution < -0.4 is 16.2 Å². The van der Waals surface area contributed by atoms with Gasteiger partial charge in [0, 0.05) is 18.9 Å². The third kappa shape index (κ3) is 7.20. The van der Waals surface area contributed by atoms with Gasteiger partial charge in [0.2, 0.25) is 5.91 Å². The Labute approximate surface area is 146 Å². The van der Waals surface area contributed by atoms with E-state index >= 15 is 0 Å². The van der Waals surface area contributed by atoms with Crippen molar-refractivity contribution < 1.29 is 9.53 Å². The van der Waals surface area contributed by atoms with Gasteiger partial charge in [0.15, 0.2) is 5.11 Å². The number of rotatable bonds is 6. The van der Waals surface area contributed by atoms with Crippen LogP contribution in [0.4, 0.5) is 0 Å². The van der Waals surface area contributed by atoms with Crippen molar-refractivity contribution >= 4 is 35.0 Å². The van der Waals surface area contributed by atoms with Gasteiger partial charge in [-0.15, -0.1) is 11.8 Å². The minimum Gasteiger partial charge on any atom is -0.376 e. The Morgan fingerprint density at radius 2 is 2.13 bits per heavy atom. The zero-order valence-corrected chi connectivity index (χ0v) is 14.9. The highest BCUT2D eigenvalue weighted by Crippen LogP contribution is 2.12. The first-order valence-electron chi connectivity index (χ1n) is 7.71. The number of carbonyl (C=O) groups excluding carboxylic acids is 1. The Morgan fingerprint density at radius 1 is 1.35 bits per heavy atom. The highest BCUT2D eigenvalue weighted by atomic mass is 32.2. The molecule has 1 aromatic carbocycles. The van der Waals surface area contributed by atoms with Crippen LogP contribution in [0.3, 0.4) is 0 Å².